The molecular formula is C8H15N3O3. The smallest absolute Gasteiger partial charge is 0.242 e. The third kappa shape index (κ3) is 2.68. The summed E-state index contributed by atoms with van der Waals surface area (Å²) in [4.78, 5) is 22.1. The molecule has 0 aliphatic carbocycles. The van der Waals surface area contributed by atoms with Crippen LogP contribution in [0.1, 0.15) is 12.8 Å². The number of hydrogen-bond acceptors (Lipinski definition) is 4. The van der Waals surface area contributed by atoms with Crippen LogP contribution in [0.4, 0.5) is 0 Å². The second-order valence-electron chi connectivity index (χ2n) is 3.30. The van der Waals surface area contributed by atoms with Gasteiger partial charge in [0.1, 0.15) is 6.04 Å². The minimum Gasteiger partial charge on any atom is -0.394 e. The summed E-state index contributed by atoms with van der Waals surface area (Å²) in [6, 6.07) is -1.24. The van der Waals surface area contributed by atoms with Gasteiger partial charge < -0.3 is 21.5 Å². The molecule has 6 nitrogen and oxygen atoms in total. The number of carbonyl (C=O) groups is 2. The van der Waals surface area contributed by atoms with E-state index in [1.54, 1.807) is 0 Å². The molecule has 1 rings (SSSR count). The van der Waals surface area contributed by atoms with E-state index < -0.39 is 18.6 Å². The van der Waals surface area contributed by atoms with E-state index in [4.69, 9.17) is 10.8 Å². The molecule has 0 unspecified atom stereocenters. The highest BCUT2D eigenvalue weighted by Crippen LogP contribution is 2.04. The summed E-state index contributed by atoms with van der Waals surface area (Å²) in [6.45, 7) is 0.340. The van der Waals surface area contributed by atoms with E-state index in [2.05, 4.69) is 10.6 Å². The minimum absolute atomic E-state index is 0.261. The lowest BCUT2D eigenvalue weighted by molar-refractivity contribution is -0.129. The highest BCUT2D eigenvalue weighted by Gasteiger charge is 2.25. The second-order valence-corrected chi connectivity index (χ2v) is 3.30. The third-order valence-electron chi connectivity index (χ3n) is 2.22. The summed E-state index contributed by atoms with van der Waals surface area (Å²) in [5.41, 5.74) is 4.96. The second kappa shape index (κ2) is 4.92. The van der Waals surface area contributed by atoms with Crippen molar-refractivity contribution in [2.24, 2.45) is 5.73 Å². The number of amides is 2. The van der Waals surface area contributed by atoms with Gasteiger partial charge in [-0.05, 0) is 19.4 Å². The van der Waals surface area contributed by atoms with E-state index in [1.165, 1.54) is 0 Å². The number of rotatable bonds is 4. The maximum Gasteiger partial charge on any atom is 0.242 e. The number of aliphatic hydroxyl groups excluding tert-OH is 1. The SMILES string of the molecule is NC(=O)[C@H](CO)NC(=O)[C@H]1CCCN1. The Morgan fingerprint density at radius 1 is 1.64 bits per heavy atom. The van der Waals surface area contributed by atoms with E-state index in [9.17, 15) is 9.59 Å². The summed E-state index contributed by atoms with van der Waals surface area (Å²) >= 11 is 0. The van der Waals surface area contributed by atoms with Crippen LogP contribution in [0.25, 0.3) is 0 Å². The Balaban J connectivity index is 2.41. The van der Waals surface area contributed by atoms with E-state index in [0.29, 0.717) is 0 Å². The van der Waals surface area contributed by atoms with Gasteiger partial charge in [-0.3, -0.25) is 9.59 Å². The van der Waals surface area contributed by atoms with Gasteiger partial charge in [0.2, 0.25) is 11.8 Å². The number of aliphatic hydroxyl groups is 1. The number of primary amides is 1. The molecule has 0 bridgehead atoms. The monoisotopic (exact) mass is 201 g/mol. The van der Waals surface area contributed by atoms with Gasteiger partial charge in [0.15, 0.2) is 0 Å². The molecule has 1 fully saturated rings. The predicted octanol–water partition coefficient (Wildman–Crippen LogP) is -2.30. The molecule has 0 aromatic heterocycles. The zero-order valence-corrected chi connectivity index (χ0v) is 7.82. The van der Waals surface area contributed by atoms with E-state index in [-0.39, 0.29) is 11.9 Å². The zero-order valence-electron chi connectivity index (χ0n) is 7.82. The number of hydrogen-bond donors (Lipinski definition) is 4. The van der Waals surface area contributed by atoms with Gasteiger partial charge in [0.05, 0.1) is 12.6 Å². The van der Waals surface area contributed by atoms with Gasteiger partial charge in [-0.2, -0.15) is 0 Å². The Labute approximate surface area is 81.8 Å². The Morgan fingerprint density at radius 2 is 2.36 bits per heavy atom. The molecule has 0 spiro atoms. The first-order valence-electron chi connectivity index (χ1n) is 4.59. The van der Waals surface area contributed by atoms with E-state index in [1.807, 2.05) is 0 Å². The maximum atomic E-state index is 11.4. The lowest BCUT2D eigenvalue weighted by atomic mass is 10.2. The van der Waals surface area contributed by atoms with Gasteiger partial charge in [-0.25, -0.2) is 0 Å². The standard InChI is InChI=1S/C8H15N3O3/c9-7(13)6(4-12)11-8(14)5-2-1-3-10-5/h5-6,10,12H,1-4H2,(H2,9,13)(H,11,14)/t5-,6+/m1/s1. The zero-order chi connectivity index (χ0) is 10.6. The van der Waals surface area contributed by atoms with Gasteiger partial charge in [-0.15, -0.1) is 0 Å². The number of carbonyl (C=O) groups excluding carboxylic acids is 2. The van der Waals surface area contributed by atoms with Gasteiger partial charge in [0, 0.05) is 0 Å². The van der Waals surface area contributed by atoms with Crippen molar-refractivity contribution < 1.29 is 14.7 Å². The van der Waals surface area contributed by atoms with Crippen molar-refractivity contribution in [3.05, 3.63) is 0 Å². The Morgan fingerprint density at radius 3 is 2.79 bits per heavy atom. The highest BCUT2D eigenvalue weighted by atomic mass is 16.3. The number of nitrogens with one attached hydrogen (secondary N) is 2. The summed E-state index contributed by atoms with van der Waals surface area (Å²) in [5.74, 6) is -1.00. The van der Waals surface area contributed by atoms with Crippen LogP contribution in [0, 0.1) is 0 Å². The molecule has 1 aliphatic heterocycles. The Kier molecular flexibility index (Phi) is 3.84. The summed E-state index contributed by atoms with van der Waals surface area (Å²) in [6.07, 6.45) is 1.70. The molecule has 1 heterocycles. The summed E-state index contributed by atoms with van der Waals surface area (Å²) < 4.78 is 0. The van der Waals surface area contributed by atoms with Crippen molar-refractivity contribution in [1.82, 2.24) is 10.6 Å². The molecule has 80 valence electrons. The first-order valence-corrected chi connectivity index (χ1v) is 4.59. The fourth-order valence-corrected chi connectivity index (χ4v) is 1.39. The van der Waals surface area contributed by atoms with E-state index in [0.717, 1.165) is 19.4 Å². The van der Waals surface area contributed by atoms with Crippen LogP contribution >= 0.6 is 0 Å². The van der Waals surface area contributed by atoms with Crippen LogP contribution in [0.3, 0.4) is 0 Å². The largest absolute Gasteiger partial charge is 0.394 e. The number of nitrogens with two attached hydrogens (primary N) is 1. The molecule has 2 atom stereocenters. The van der Waals surface area contributed by atoms with Crippen LogP contribution in [0.2, 0.25) is 0 Å². The fourth-order valence-electron chi connectivity index (χ4n) is 1.39. The quantitative estimate of drug-likeness (QED) is 0.410. The fraction of sp³-hybridized carbons (Fsp3) is 0.750. The molecule has 0 aromatic carbocycles. The average Bonchev–Trinajstić information content (AvgIpc) is 2.65. The van der Waals surface area contributed by atoms with Gasteiger partial charge in [-0.1, -0.05) is 0 Å². The topological polar surface area (TPSA) is 104 Å². The van der Waals surface area contributed by atoms with Crippen molar-refractivity contribution in [3.63, 3.8) is 0 Å². The molecule has 1 saturated heterocycles. The maximum absolute atomic E-state index is 11.4. The summed E-state index contributed by atoms with van der Waals surface area (Å²) in [7, 11) is 0. The summed E-state index contributed by atoms with van der Waals surface area (Å²) in [5, 5.41) is 14.1. The van der Waals surface area contributed by atoms with Crippen molar-refractivity contribution >= 4 is 11.8 Å². The Hall–Kier alpha value is -1.14. The molecule has 2 amide bonds. The van der Waals surface area contributed by atoms with Gasteiger partial charge in [0.25, 0.3) is 0 Å². The average molecular weight is 201 g/mol. The molecule has 6 heteroatoms. The molecule has 0 saturated carbocycles. The van der Waals surface area contributed by atoms with Crippen LogP contribution < -0.4 is 16.4 Å². The normalized spacial score (nSPS) is 23.1. The molecular weight excluding hydrogens is 186 g/mol. The minimum atomic E-state index is -0.982. The van der Waals surface area contributed by atoms with Crippen molar-refractivity contribution in [2.45, 2.75) is 24.9 Å². The molecule has 14 heavy (non-hydrogen) atoms. The van der Waals surface area contributed by atoms with E-state index >= 15 is 0 Å². The molecule has 0 radical (unpaired) electrons. The van der Waals surface area contributed by atoms with Crippen molar-refractivity contribution in [3.8, 4) is 0 Å². The molecule has 1 aliphatic rings. The molecule has 0 aromatic rings. The van der Waals surface area contributed by atoms with Crippen molar-refractivity contribution in [2.75, 3.05) is 13.2 Å². The van der Waals surface area contributed by atoms with Crippen molar-refractivity contribution in [1.29, 1.82) is 0 Å². The van der Waals surface area contributed by atoms with Gasteiger partial charge >= 0.3 is 0 Å². The van der Waals surface area contributed by atoms with Crippen LogP contribution in [-0.4, -0.2) is 42.2 Å². The first-order chi connectivity index (χ1) is 6.65. The van der Waals surface area contributed by atoms with Crippen LogP contribution in [0.5, 0.6) is 0 Å². The van der Waals surface area contributed by atoms with Crippen LogP contribution in [0.15, 0.2) is 0 Å². The third-order valence-corrected chi connectivity index (χ3v) is 2.22. The highest BCUT2D eigenvalue weighted by molar-refractivity contribution is 5.89. The lowest BCUT2D eigenvalue weighted by Crippen LogP contribution is -2.51. The van der Waals surface area contributed by atoms with Crippen LogP contribution in [-0.2, 0) is 9.59 Å². The lowest BCUT2D eigenvalue weighted by Gasteiger charge is -2.15. The molecule has 5 N–H and O–H groups in total. The Bertz CT molecular complexity index is 226. The predicted molar refractivity (Wildman–Crippen MR) is 49.2 cm³/mol. The first kappa shape index (κ1) is 10.9.